The van der Waals surface area contributed by atoms with Gasteiger partial charge in [0.15, 0.2) is 0 Å². The highest BCUT2D eigenvalue weighted by Crippen LogP contribution is 2.38. The molecule has 1 aromatic rings. The molecule has 2 N–H and O–H groups in total. The fourth-order valence-electron chi connectivity index (χ4n) is 3.54. The summed E-state index contributed by atoms with van der Waals surface area (Å²) < 4.78 is 1.97. The number of hydrogen-bond acceptors (Lipinski definition) is 3. The van der Waals surface area contributed by atoms with E-state index >= 15 is 0 Å². The molecule has 21 heavy (non-hydrogen) atoms. The number of carbonyl (C=O) groups excluding carboxylic acids is 1. The van der Waals surface area contributed by atoms with Crippen LogP contribution in [0.3, 0.4) is 0 Å². The Morgan fingerprint density at radius 3 is 2.62 bits per heavy atom. The SMILES string of the molecule is CCc1cc(CC(=O)CC2(CN)CCCCC2)n(CC)n1. The molecule has 0 bridgehead atoms. The van der Waals surface area contributed by atoms with Crippen molar-refractivity contribution < 1.29 is 4.79 Å². The summed E-state index contributed by atoms with van der Waals surface area (Å²) in [6, 6.07) is 2.08. The van der Waals surface area contributed by atoms with Gasteiger partial charge in [-0.2, -0.15) is 5.10 Å². The molecule has 1 aliphatic carbocycles. The lowest BCUT2D eigenvalue weighted by Crippen LogP contribution is -2.35. The Kier molecular flexibility index (Phi) is 5.57. The van der Waals surface area contributed by atoms with Crippen molar-refractivity contribution in [2.24, 2.45) is 11.1 Å². The van der Waals surface area contributed by atoms with Gasteiger partial charge in [0.1, 0.15) is 5.78 Å². The molecule has 0 atom stereocenters. The quantitative estimate of drug-likeness (QED) is 0.840. The number of rotatable bonds is 7. The predicted molar refractivity (Wildman–Crippen MR) is 85.2 cm³/mol. The van der Waals surface area contributed by atoms with Gasteiger partial charge in [-0.25, -0.2) is 0 Å². The van der Waals surface area contributed by atoms with E-state index < -0.39 is 0 Å². The van der Waals surface area contributed by atoms with Crippen molar-refractivity contribution in [2.45, 2.75) is 71.8 Å². The van der Waals surface area contributed by atoms with Gasteiger partial charge in [0, 0.05) is 25.1 Å². The maximum Gasteiger partial charge on any atom is 0.139 e. The second-order valence-corrected chi connectivity index (χ2v) is 6.45. The summed E-state index contributed by atoms with van der Waals surface area (Å²) in [4.78, 5) is 12.5. The molecule has 1 fully saturated rings. The van der Waals surface area contributed by atoms with E-state index in [4.69, 9.17) is 5.73 Å². The summed E-state index contributed by atoms with van der Waals surface area (Å²) in [5, 5.41) is 4.52. The molecule has 0 unspecified atom stereocenters. The Hall–Kier alpha value is -1.16. The number of aromatic nitrogens is 2. The van der Waals surface area contributed by atoms with E-state index in [1.807, 2.05) is 4.68 Å². The first-order chi connectivity index (χ1) is 10.1. The summed E-state index contributed by atoms with van der Waals surface area (Å²) >= 11 is 0. The second kappa shape index (κ2) is 7.21. The van der Waals surface area contributed by atoms with Gasteiger partial charge < -0.3 is 5.73 Å². The Labute approximate surface area is 128 Å². The number of carbonyl (C=O) groups is 1. The summed E-state index contributed by atoms with van der Waals surface area (Å²) in [5.74, 6) is 0.319. The minimum absolute atomic E-state index is 0.0694. The minimum Gasteiger partial charge on any atom is -0.330 e. The highest BCUT2D eigenvalue weighted by Gasteiger charge is 2.32. The first-order valence-corrected chi connectivity index (χ1v) is 8.40. The van der Waals surface area contributed by atoms with Gasteiger partial charge in [0.25, 0.3) is 0 Å². The van der Waals surface area contributed by atoms with E-state index in [1.54, 1.807) is 0 Å². The van der Waals surface area contributed by atoms with Crippen molar-refractivity contribution in [3.05, 3.63) is 17.5 Å². The Morgan fingerprint density at radius 2 is 2.05 bits per heavy atom. The van der Waals surface area contributed by atoms with Crippen LogP contribution in [-0.4, -0.2) is 22.1 Å². The Morgan fingerprint density at radius 1 is 1.33 bits per heavy atom. The highest BCUT2D eigenvalue weighted by molar-refractivity contribution is 5.81. The van der Waals surface area contributed by atoms with Crippen LogP contribution in [0.5, 0.6) is 0 Å². The monoisotopic (exact) mass is 291 g/mol. The number of nitrogens with zero attached hydrogens (tertiary/aromatic N) is 2. The van der Waals surface area contributed by atoms with Crippen molar-refractivity contribution in [2.75, 3.05) is 6.54 Å². The van der Waals surface area contributed by atoms with Gasteiger partial charge in [-0.15, -0.1) is 0 Å². The molecule has 4 nitrogen and oxygen atoms in total. The smallest absolute Gasteiger partial charge is 0.139 e. The molecule has 4 heteroatoms. The van der Waals surface area contributed by atoms with Crippen molar-refractivity contribution in [3.63, 3.8) is 0 Å². The molecule has 118 valence electrons. The molecule has 0 radical (unpaired) electrons. The van der Waals surface area contributed by atoms with Crippen LogP contribution in [0, 0.1) is 5.41 Å². The van der Waals surface area contributed by atoms with E-state index in [9.17, 15) is 4.79 Å². The van der Waals surface area contributed by atoms with Gasteiger partial charge in [-0.3, -0.25) is 9.48 Å². The zero-order chi connectivity index (χ0) is 15.3. The third-order valence-electron chi connectivity index (χ3n) is 4.87. The second-order valence-electron chi connectivity index (χ2n) is 6.45. The van der Waals surface area contributed by atoms with Crippen LogP contribution < -0.4 is 5.73 Å². The first-order valence-electron chi connectivity index (χ1n) is 8.40. The summed E-state index contributed by atoms with van der Waals surface area (Å²) in [5.41, 5.74) is 8.19. The first kappa shape index (κ1) is 16.2. The van der Waals surface area contributed by atoms with E-state index in [-0.39, 0.29) is 5.41 Å². The van der Waals surface area contributed by atoms with E-state index in [0.717, 1.165) is 37.2 Å². The summed E-state index contributed by atoms with van der Waals surface area (Å²) in [6.07, 6.45) is 8.02. The van der Waals surface area contributed by atoms with E-state index in [2.05, 4.69) is 25.0 Å². The standard InChI is InChI=1S/C17H29N3O/c1-3-14-10-15(20(4-2)19-14)11-16(21)12-17(13-18)8-6-5-7-9-17/h10H,3-9,11-13,18H2,1-2H3. The fraction of sp³-hybridized carbons (Fsp3) is 0.765. The van der Waals surface area contributed by atoms with Crippen molar-refractivity contribution in [3.8, 4) is 0 Å². The maximum absolute atomic E-state index is 12.5. The molecular formula is C17H29N3O. The Bertz CT molecular complexity index is 472. The number of hydrogen-bond donors (Lipinski definition) is 1. The molecule has 1 aliphatic rings. The van der Waals surface area contributed by atoms with Crippen LogP contribution in [0.4, 0.5) is 0 Å². The summed E-state index contributed by atoms with van der Waals surface area (Å²) in [6.45, 7) is 5.64. The van der Waals surface area contributed by atoms with Crippen LogP contribution in [0.1, 0.15) is 63.8 Å². The highest BCUT2D eigenvalue weighted by atomic mass is 16.1. The molecule has 1 saturated carbocycles. The zero-order valence-corrected chi connectivity index (χ0v) is 13.5. The zero-order valence-electron chi connectivity index (χ0n) is 13.5. The Balaban J connectivity index is 2.02. The van der Waals surface area contributed by atoms with Crippen LogP contribution in [-0.2, 0) is 24.2 Å². The number of Topliss-reactive ketones (excluding diaryl/α,β-unsaturated/α-hetero) is 1. The van der Waals surface area contributed by atoms with Crippen molar-refractivity contribution in [1.82, 2.24) is 9.78 Å². The van der Waals surface area contributed by atoms with Gasteiger partial charge >= 0.3 is 0 Å². The number of nitrogens with two attached hydrogens (primary N) is 1. The molecule has 1 heterocycles. The van der Waals surface area contributed by atoms with E-state index in [0.29, 0.717) is 25.2 Å². The largest absolute Gasteiger partial charge is 0.330 e. The number of aryl methyl sites for hydroxylation is 2. The summed E-state index contributed by atoms with van der Waals surface area (Å²) in [7, 11) is 0. The van der Waals surface area contributed by atoms with Gasteiger partial charge in [0.2, 0.25) is 0 Å². The number of ketones is 1. The fourth-order valence-corrected chi connectivity index (χ4v) is 3.54. The van der Waals surface area contributed by atoms with Gasteiger partial charge in [0.05, 0.1) is 5.69 Å². The maximum atomic E-state index is 12.5. The molecule has 0 aliphatic heterocycles. The molecule has 0 amide bonds. The van der Waals surface area contributed by atoms with Crippen molar-refractivity contribution >= 4 is 5.78 Å². The molecule has 0 spiro atoms. The molecule has 0 aromatic carbocycles. The third kappa shape index (κ3) is 3.94. The lowest BCUT2D eigenvalue weighted by Gasteiger charge is -2.35. The van der Waals surface area contributed by atoms with Crippen LogP contribution in [0.15, 0.2) is 6.07 Å². The van der Waals surface area contributed by atoms with Crippen LogP contribution in [0.2, 0.25) is 0 Å². The van der Waals surface area contributed by atoms with Crippen LogP contribution in [0.25, 0.3) is 0 Å². The van der Waals surface area contributed by atoms with Gasteiger partial charge in [-0.1, -0.05) is 26.2 Å². The molecule has 0 saturated heterocycles. The topological polar surface area (TPSA) is 60.9 Å². The predicted octanol–water partition coefficient (Wildman–Crippen LogP) is 2.88. The average molecular weight is 291 g/mol. The normalized spacial score (nSPS) is 17.9. The molecule has 2 rings (SSSR count). The van der Waals surface area contributed by atoms with Crippen molar-refractivity contribution in [1.29, 1.82) is 0 Å². The third-order valence-corrected chi connectivity index (χ3v) is 4.87. The average Bonchev–Trinajstić information content (AvgIpc) is 2.90. The minimum atomic E-state index is 0.0694. The van der Waals surface area contributed by atoms with Crippen LogP contribution >= 0.6 is 0 Å². The lowest BCUT2D eigenvalue weighted by molar-refractivity contribution is -0.121. The molecule has 1 aromatic heterocycles. The molecular weight excluding hydrogens is 262 g/mol. The van der Waals surface area contributed by atoms with E-state index in [1.165, 1.54) is 19.3 Å². The lowest BCUT2D eigenvalue weighted by atomic mass is 9.70. The van der Waals surface area contributed by atoms with Gasteiger partial charge in [-0.05, 0) is 44.2 Å².